The molecular weight excluding hydrogens is 346 g/mol. The number of hydrogen-bond acceptors (Lipinski definition) is 7. The largest absolute Gasteiger partial charge is 0.482 e. The number of nitrogens with zero attached hydrogens (tertiary/aromatic N) is 2. The van der Waals surface area contributed by atoms with Crippen molar-refractivity contribution < 1.29 is 14.6 Å². The molecule has 5 N–H and O–H groups in total. The minimum absolute atomic E-state index is 0.376. The number of rotatable bonds is 8. The third-order valence-electron chi connectivity index (χ3n) is 3.59. The number of benzene rings is 2. The number of aromatic nitrogens is 2. The third-order valence-corrected chi connectivity index (χ3v) is 3.59. The van der Waals surface area contributed by atoms with E-state index in [4.69, 9.17) is 15.6 Å². The zero-order valence-corrected chi connectivity index (χ0v) is 14.4. The van der Waals surface area contributed by atoms with E-state index in [0.29, 0.717) is 23.9 Å². The highest BCUT2D eigenvalue weighted by molar-refractivity contribution is 5.68. The van der Waals surface area contributed by atoms with Gasteiger partial charge in [-0.2, -0.15) is 0 Å². The van der Waals surface area contributed by atoms with Gasteiger partial charge in [-0.25, -0.2) is 14.8 Å². The van der Waals surface area contributed by atoms with Crippen LogP contribution < -0.4 is 21.1 Å². The number of carbonyl (C=O) groups is 1. The molecule has 3 aromatic rings. The van der Waals surface area contributed by atoms with Crippen LogP contribution in [0.5, 0.6) is 5.75 Å². The van der Waals surface area contributed by atoms with E-state index in [-0.39, 0.29) is 6.61 Å². The lowest BCUT2D eigenvalue weighted by atomic mass is 10.2. The molecule has 0 saturated carbocycles. The van der Waals surface area contributed by atoms with Crippen LogP contribution >= 0.6 is 0 Å². The number of ether oxygens (including phenoxy) is 1. The van der Waals surface area contributed by atoms with Gasteiger partial charge in [-0.1, -0.05) is 12.1 Å². The molecule has 2 aromatic carbocycles. The van der Waals surface area contributed by atoms with Gasteiger partial charge in [-0.15, -0.1) is 0 Å². The van der Waals surface area contributed by atoms with Gasteiger partial charge in [-0.05, 0) is 42.0 Å². The monoisotopic (exact) mass is 365 g/mol. The predicted octanol–water partition coefficient (Wildman–Crippen LogP) is 2.89. The summed E-state index contributed by atoms with van der Waals surface area (Å²) in [5, 5.41) is 15.0. The zero-order chi connectivity index (χ0) is 19.1. The maximum absolute atomic E-state index is 10.5. The van der Waals surface area contributed by atoms with E-state index < -0.39 is 5.97 Å². The Bertz CT molecular complexity index is 915. The maximum atomic E-state index is 10.5. The summed E-state index contributed by atoms with van der Waals surface area (Å²) >= 11 is 0. The molecule has 0 fully saturated rings. The van der Waals surface area contributed by atoms with E-state index in [9.17, 15) is 4.79 Å². The summed E-state index contributed by atoms with van der Waals surface area (Å²) in [5.41, 5.74) is 8.37. The summed E-state index contributed by atoms with van der Waals surface area (Å²) in [6.45, 7) is 0.0946. The van der Waals surface area contributed by atoms with Gasteiger partial charge in [0.15, 0.2) is 6.61 Å². The first kappa shape index (κ1) is 18.2. The van der Waals surface area contributed by atoms with Crippen LogP contribution in [0.15, 0.2) is 60.9 Å². The molecule has 138 valence electrons. The smallest absolute Gasteiger partial charge is 0.341 e. The quantitative estimate of drug-likeness (QED) is 0.481. The Labute approximate surface area is 156 Å². The normalized spacial score (nSPS) is 10.3. The molecule has 8 nitrogen and oxygen atoms in total. The summed E-state index contributed by atoms with van der Waals surface area (Å²) < 4.78 is 5.11. The molecule has 1 aromatic heterocycles. The second-order valence-electron chi connectivity index (χ2n) is 5.65. The SMILES string of the molecule is NCc1cccc(Nc2cc(Nc3ccc(OCC(=O)O)cc3)ncn2)c1. The number of carboxylic acids is 1. The van der Waals surface area contributed by atoms with Gasteiger partial charge in [0.25, 0.3) is 0 Å². The summed E-state index contributed by atoms with van der Waals surface area (Å²) in [7, 11) is 0. The number of nitrogens with one attached hydrogen (secondary N) is 2. The van der Waals surface area contributed by atoms with Crippen molar-refractivity contribution in [2.75, 3.05) is 17.2 Å². The number of aliphatic carboxylic acids is 1. The second-order valence-corrected chi connectivity index (χ2v) is 5.65. The summed E-state index contributed by atoms with van der Waals surface area (Å²) in [6.07, 6.45) is 1.46. The van der Waals surface area contributed by atoms with Crippen LogP contribution in [0.2, 0.25) is 0 Å². The molecule has 1 heterocycles. The Morgan fingerprint density at radius 2 is 1.70 bits per heavy atom. The molecule has 0 aliphatic carbocycles. The second kappa shape index (κ2) is 8.63. The number of carboxylic acid groups (broad SMARTS) is 1. The Balaban J connectivity index is 1.65. The molecule has 3 rings (SSSR count). The summed E-state index contributed by atoms with van der Waals surface area (Å²) in [6, 6.07) is 16.5. The molecular formula is C19H19N5O3. The maximum Gasteiger partial charge on any atom is 0.341 e. The molecule has 27 heavy (non-hydrogen) atoms. The van der Waals surface area contributed by atoms with Crippen LogP contribution in [0.4, 0.5) is 23.0 Å². The topological polar surface area (TPSA) is 122 Å². The van der Waals surface area contributed by atoms with Gasteiger partial charge in [0.05, 0.1) is 0 Å². The minimum Gasteiger partial charge on any atom is -0.482 e. The first-order chi connectivity index (χ1) is 13.1. The molecule has 0 bridgehead atoms. The fourth-order valence-electron chi connectivity index (χ4n) is 2.35. The highest BCUT2D eigenvalue weighted by atomic mass is 16.5. The molecule has 0 atom stereocenters. The Kier molecular flexibility index (Phi) is 5.80. The molecule has 0 aliphatic heterocycles. The van der Waals surface area contributed by atoms with Crippen LogP contribution in [0.25, 0.3) is 0 Å². The molecule has 0 spiro atoms. The van der Waals surface area contributed by atoms with E-state index in [1.807, 2.05) is 24.3 Å². The molecule has 0 amide bonds. The lowest BCUT2D eigenvalue weighted by Gasteiger charge is -2.10. The van der Waals surface area contributed by atoms with E-state index in [2.05, 4.69) is 20.6 Å². The van der Waals surface area contributed by atoms with E-state index >= 15 is 0 Å². The van der Waals surface area contributed by atoms with Crippen molar-refractivity contribution >= 4 is 29.0 Å². The molecule has 0 radical (unpaired) electrons. The predicted molar refractivity (Wildman–Crippen MR) is 103 cm³/mol. The van der Waals surface area contributed by atoms with Crippen molar-refractivity contribution in [2.24, 2.45) is 5.73 Å². The fourth-order valence-corrected chi connectivity index (χ4v) is 2.35. The molecule has 0 saturated heterocycles. The summed E-state index contributed by atoms with van der Waals surface area (Å²) in [4.78, 5) is 18.9. The van der Waals surface area contributed by atoms with Gasteiger partial charge in [0.2, 0.25) is 0 Å². The first-order valence-electron chi connectivity index (χ1n) is 8.22. The van der Waals surface area contributed by atoms with Gasteiger partial charge >= 0.3 is 5.97 Å². The molecule has 0 aliphatic rings. The third kappa shape index (κ3) is 5.41. The van der Waals surface area contributed by atoms with Crippen LogP contribution in [0.3, 0.4) is 0 Å². The zero-order valence-electron chi connectivity index (χ0n) is 14.4. The average molecular weight is 365 g/mol. The highest BCUT2D eigenvalue weighted by Gasteiger charge is 2.03. The molecule has 8 heteroatoms. The molecule has 0 unspecified atom stereocenters. The number of anilines is 4. The number of nitrogens with two attached hydrogens (primary N) is 1. The average Bonchev–Trinajstić information content (AvgIpc) is 2.68. The van der Waals surface area contributed by atoms with E-state index in [0.717, 1.165) is 16.9 Å². The lowest BCUT2D eigenvalue weighted by molar-refractivity contribution is -0.139. The van der Waals surface area contributed by atoms with Crippen molar-refractivity contribution in [2.45, 2.75) is 6.54 Å². The Morgan fingerprint density at radius 3 is 2.37 bits per heavy atom. The number of hydrogen-bond donors (Lipinski definition) is 4. The Hall–Kier alpha value is -3.65. The standard InChI is InChI=1S/C19H19N5O3/c20-10-13-2-1-3-15(8-13)24-18-9-17(21-12-22-18)23-14-4-6-16(7-5-14)27-11-19(25)26/h1-9,12H,10-11,20H2,(H,25,26)(H2,21,22,23,24). The highest BCUT2D eigenvalue weighted by Crippen LogP contribution is 2.21. The van der Waals surface area contributed by atoms with Crippen molar-refractivity contribution in [3.63, 3.8) is 0 Å². The van der Waals surface area contributed by atoms with E-state index in [1.165, 1.54) is 6.33 Å². The van der Waals surface area contributed by atoms with Gasteiger partial charge in [0.1, 0.15) is 23.7 Å². The lowest BCUT2D eigenvalue weighted by Crippen LogP contribution is -2.09. The van der Waals surface area contributed by atoms with Crippen LogP contribution in [-0.4, -0.2) is 27.7 Å². The van der Waals surface area contributed by atoms with E-state index in [1.54, 1.807) is 30.3 Å². The fraction of sp³-hybridized carbons (Fsp3) is 0.105. The summed E-state index contributed by atoms with van der Waals surface area (Å²) in [5.74, 6) is 0.716. The van der Waals surface area contributed by atoms with Crippen molar-refractivity contribution in [3.05, 3.63) is 66.5 Å². The van der Waals surface area contributed by atoms with Crippen LogP contribution in [-0.2, 0) is 11.3 Å². The van der Waals surface area contributed by atoms with Gasteiger partial charge < -0.3 is 26.2 Å². The Morgan fingerprint density at radius 1 is 1.00 bits per heavy atom. The van der Waals surface area contributed by atoms with Crippen LogP contribution in [0.1, 0.15) is 5.56 Å². The van der Waals surface area contributed by atoms with Crippen molar-refractivity contribution in [1.29, 1.82) is 0 Å². The first-order valence-corrected chi connectivity index (χ1v) is 8.22. The van der Waals surface area contributed by atoms with Gasteiger partial charge in [0, 0.05) is 24.0 Å². The van der Waals surface area contributed by atoms with Gasteiger partial charge in [-0.3, -0.25) is 0 Å². The van der Waals surface area contributed by atoms with Crippen molar-refractivity contribution in [1.82, 2.24) is 9.97 Å². The van der Waals surface area contributed by atoms with Crippen molar-refractivity contribution in [3.8, 4) is 5.75 Å². The minimum atomic E-state index is -1.02. The van der Waals surface area contributed by atoms with Crippen LogP contribution in [0, 0.1) is 0 Å².